The van der Waals surface area contributed by atoms with Crippen LogP contribution in [-0.2, 0) is 4.74 Å². The van der Waals surface area contributed by atoms with Gasteiger partial charge in [-0.1, -0.05) is 0 Å². The molecule has 1 aromatic rings. The number of morpholine rings is 1. The number of carbonyl (C=O) groups is 1. The predicted molar refractivity (Wildman–Crippen MR) is 63.1 cm³/mol. The quantitative estimate of drug-likeness (QED) is 0.804. The van der Waals surface area contributed by atoms with Crippen LogP contribution in [0.3, 0.4) is 0 Å². The molecule has 1 N–H and O–H groups in total. The van der Waals surface area contributed by atoms with Crippen molar-refractivity contribution >= 4 is 11.9 Å². The molecule has 0 atom stereocenters. The van der Waals surface area contributed by atoms with Gasteiger partial charge in [0.25, 0.3) is 5.91 Å². The first kappa shape index (κ1) is 11.8. The molecule has 0 bridgehead atoms. The monoisotopic (exact) mass is 236 g/mol. The highest BCUT2D eigenvalue weighted by molar-refractivity contribution is 5.93. The molecule has 2 heterocycles. The van der Waals surface area contributed by atoms with E-state index in [4.69, 9.17) is 4.74 Å². The maximum atomic E-state index is 11.5. The van der Waals surface area contributed by atoms with Crippen LogP contribution in [0, 0.1) is 0 Å². The summed E-state index contributed by atoms with van der Waals surface area (Å²) in [5.41, 5.74) is 0.490. The third-order valence-electron chi connectivity index (χ3n) is 2.53. The summed E-state index contributed by atoms with van der Waals surface area (Å²) in [4.78, 5) is 22.0. The average Bonchev–Trinajstić information content (AvgIpc) is 2.40. The Bertz CT molecular complexity index is 374. The van der Waals surface area contributed by atoms with Crippen LogP contribution in [0.25, 0.3) is 0 Å². The van der Waals surface area contributed by atoms with E-state index in [-0.39, 0.29) is 5.91 Å². The molecule has 0 saturated carbocycles. The fraction of sp³-hybridized carbons (Fsp3) is 0.545. The minimum absolute atomic E-state index is 0.138. The first-order chi connectivity index (χ1) is 8.31. The number of carbonyl (C=O) groups excluding carboxylic acids is 1. The number of nitrogens with one attached hydrogen (secondary N) is 1. The van der Waals surface area contributed by atoms with Crippen molar-refractivity contribution in [2.45, 2.75) is 6.92 Å². The van der Waals surface area contributed by atoms with Crippen molar-refractivity contribution in [1.82, 2.24) is 15.3 Å². The molecule has 92 valence electrons. The molecule has 6 nitrogen and oxygen atoms in total. The van der Waals surface area contributed by atoms with Crippen molar-refractivity contribution in [2.75, 3.05) is 37.7 Å². The van der Waals surface area contributed by atoms with Crippen molar-refractivity contribution in [1.29, 1.82) is 0 Å². The van der Waals surface area contributed by atoms with Crippen LogP contribution in [0.15, 0.2) is 12.4 Å². The van der Waals surface area contributed by atoms with Crippen molar-refractivity contribution in [2.24, 2.45) is 0 Å². The summed E-state index contributed by atoms with van der Waals surface area (Å²) in [7, 11) is 0. The number of amides is 1. The SMILES string of the molecule is CCNC(=O)c1cnc(N2CCOCC2)nc1. The van der Waals surface area contributed by atoms with Gasteiger partial charge in [-0.25, -0.2) is 9.97 Å². The molecule has 1 aliphatic heterocycles. The van der Waals surface area contributed by atoms with Crippen LogP contribution in [0.5, 0.6) is 0 Å². The van der Waals surface area contributed by atoms with E-state index in [0.717, 1.165) is 13.1 Å². The molecule has 0 unspecified atom stereocenters. The average molecular weight is 236 g/mol. The maximum absolute atomic E-state index is 11.5. The number of rotatable bonds is 3. The number of ether oxygens (including phenoxy) is 1. The standard InChI is InChI=1S/C11H16N4O2/c1-2-12-10(16)9-7-13-11(14-8-9)15-3-5-17-6-4-15/h7-8H,2-6H2,1H3,(H,12,16). The maximum Gasteiger partial charge on any atom is 0.254 e. The van der Waals surface area contributed by atoms with Gasteiger partial charge < -0.3 is 15.0 Å². The molecule has 0 radical (unpaired) electrons. The molecular weight excluding hydrogens is 220 g/mol. The topological polar surface area (TPSA) is 67.4 Å². The van der Waals surface area contributed by atoms with Gasteiger partial charge in [-0.3, -0.25) is 4.79 Å². The third-order valence-corrected chi connectivity index (χ3v) is 2.53. The molecule has 6 heteroatoms. The van der Waals surface area contributed by atoms with Crippen LogP contribution < -0.4 is 10.2 Å². The lowest BCUT2D eigenvalue weighted by Gasteiger charge is -2.26. The lowest BCUT2D eigenvalue weighted by Crippen LogP contribution is -2.37. The molecule has 2 rings (SSSR count). The first-order valence-electron chi connectivity index (χ1n) is 5.74. The lowest BCUT2D eigenvalue weighted by molar-refractivity contribution is 0.0955. The summed E-state index contributed by atoms with van der Waals surface area (Å²) in [6, 6.07) is 0. The summed E-state index contributed by atoms with van der Waals surface area (Å²) in [6.07, 6.45) is 3.12. The second-order valence-corrected chi connectivity index (χ2v) is 3.73. The van der Waals surface area contributed by atoms with Crippen LogP contribution >= 0.6 is 0 Å². The zero-order chi connectivity index (χ0) is 12.1. The second-order valence-electron chi connectivity index (χ2n) is 3.73. The highest BCUT2D eigenvalue weighted by Gasteiger charge is 2.14. The van der Waals surface area contributed by atoms with E-state index >= 15 is 0 Å². The third kappa shape index (κ3) is 2.91. The minimum Gasteiger partial charge on any atom is -0.378 e. The van der Waals surface area contributed by atoms with Crippen molar-refractivity contribution < 1.29 is 9.53 Å². The Morgan fingerprint density at radius 2 is 2.06 bits per heavy atom. The van der Waals surface area contributed by atoms with Crippen LogP contribution in [0.2, 0.25) is 0 Å². The molecule has 0 aliphatic carbocycles. The largest absolute Gasteiger partial charge is 0.378 e. The molecule has 1 saturated heterocycles. The van der Waals surface area contributed by atoms with E-state index in [2.05, 4.69) is 15.3 Å². The molecule has 1 amide bonds. The normalized spacial score (nSPS) is 15.7. The van der Waals surface area contributed by atoms with E-state index in [1.165, 1.54) is 0 Å². The molecule has 1 fully saturated rings. The fourth-order valence-corrected chi connectivity index (χ4v) is 1.63. The molecule has 0 spiro atoms. The minimum atomic E-state index is -0.138. The zero-order valence-electron chi connectivity index (χ0n) is 9.85. The van der Waals surface area contributed by atoms with Gasteiger partial charge in [0.05, 0.1) is 18.8 Å². The van der Waals surface area contributed by atoms with Gasteiger partial charge in [-0.15, -0.1) is 0 Å². The molecule has 0 aromatic carbocycles. The molecule has 1 aromatic heterocycles. The van der Waals surface area contributed by atoms with Gasteiger partial charge in [-0.05, 0) is 6.92 Å². The number of nitrogens with zero attached hydrogens (tertiary/aromatic N) is 3. The molecule has 1 aliphatic rings. The predicted octanol–water partition coefficient (Wildman–Crippen LogP) is 0.0629. The Balaban J connectivity index is 2.04. The highest BCUT2D eigenvalue weighted by Crippen LogP contribution is 2.09. The number of hydrogen-bond acceptors (Lipinski definition) is 5. The van der Waals surface area contributed by atoms with Gasteiger partial charge in [0.15, 0.2) is 0 Å². The Labute approximate surface area is 100 Å². The van der Waals surface area contributed by atoms with Crippen LogP contribution in [-0.4, -0.2) is 48.7 Å². The van der Waals surface area contributed by atoms with Gasteiger partial charge in [-0.2, -0.15) is 0 Å². The van der Waals surface area contributed by atoms with E-state index in [1.54, 1.807) is 12.4 Å². The van der Waals surface area contributed by atoms with E-state index < -0.39 is 0 Å². The summed E-state index contributed by atoms with van der Waals surface area (Å²) in [5, 5.41) is 2.71. The van der Waals surface area contributed by atoms with Gasteiger partial charge in [0.1, 0.15) is 0 Å². The summed E-state index contributed by atoms with van der Waals surface area (Å²) in [5.74, 6) is 0.516. The van der Waals surface area contributed by atoms with E-state index in [9.17, 15) is 4.79 Å². The zero-order valence-corrected chi connectivity index (χ0v) is 9.85. The fourth-order valence-electron chi connectivity index (χ4n) is 1.63. The Morgan fingerprint density at radius 1 is 1.41 bits per heavy atom. The van der Waals surface area contributed by atoms with Gasteiger partial charge >= 0.3 is 0 Å². The summed E-state index contributed by atoms with van der Waals surface area (Å²) in [6.45, 7) is 5.45. The van der Waals surface area contributed by atoms with Crippen molar-refractivity contribution in [3.8, 4) is 0 Å². The second kappa shape index (κ2) is 5.58. The summed E-state index contributed by atoms with van der Waals surface area (Å²) < 4.78 is 5.25. The van der Waals surface area contributed by atoms with Crippen LogP contribution in [0.4, 0.5) is 5.95 Å². The van der Waals surface area contributed by atoms with Crippen molar-refractivity contribution in [3.05, 3.63) is 18.0 Å². The van der Waals surface area contributed by atoms with Crippen LogP contribution in [0.1, 0.15) is 17.3 Å². The Hall–Kier alpha value is -1.69. The Kier molecular flexibility index (Phi) is 3.87. The number of anilines is 1. The lowest BCUT2D eigenvalue weighted by atomic mass is 10.3. The van der Waals surface area contributed by atoms with Crippen molar-refractivity contribution in [3.63, 3.8) is 0 Å². The number of hydrogen-bond donors (Lipinski definition) is 1. The highest BCUT2D eigenvalue weighted by atomic mass is 16.5. The molecular formula is C11H16N4O2. The molecule has 17 heavy (non-hydrogen) atoms. The van der Waals surface area contributed by atoms with E-state index in [1.807, 2.05) is 11.8 Å². The van der Waals surface area contributed by atoms with Gasteiger partial charge in [0, 0.05) is 32.0 Å². The van der Waals surface area contributed by atoms with Gasteiger partial charge in [0.2, 0.25) is 5.95 Å². The summed E-state index contributed by atoms with van der Waals surface area (Å²) >= 11 is 0. The smallest absolute Gasteiger partial charge is 0.254 e. The Morgan fingerprint density at radius 3 is 2.65 bits per heavy atom. The number of aromatic nitrogens is 2. The first-order valence-corrected chi connectivity index (χ1v) is 5.74. The van der Waals surface area contributed by atoms with E-state index in [0.29, 0.717) is 31.3 Å².